The van der Waals surface area contributed by atoms with Crippen molar-refractivity contribution in [2.45, 2.75) is 11.7 Å². The molecule has 0 spiro atoms. The quantitative estimate of drug-likeness (QED) is 0.667. The number of nitrogen functional groups attached to an aromatic ring is 1. The Morgan fingerprint density at radius 2 is 1.62 bits per heavy atom. The van der Waals surface area contributed by atoms with E-state index < -0.39 is 23.2 Å². The van der Waals surface area contributed by atoms with Crippen LogP contribution in [0.2, 0.25) is 0 Å². The summed E-state index contributed by atoms with van der Waals surface area (Å²) in [7, 11) is 0. The van der Waals surface area contributed by atoms with Crippen LogP contribution >= 0.6 is 0 Å². The van der Waals surface area contributed by atoms with E-state index in [1.165, 1.54) is 0 Å². The van der Waals surface area contributed by atoms with E-state index in [4.69, 9.17) is 16.6 Å². The predicted molar refractivity (Wildman–Crippen MR) is 50.4 cm³/mol. The van der Waals surface area contributed by atoms with Crippen LogP contribution in [0.3, 0.4) is 0 Å². The lowest BCUT2D eigenvalue weighted by Gasteiger charge is -2.27. The largest absolute Gasteiger partial charge is 0.479 e. The molecule has 0 fully saturated rings. The molecule has 0 aliphatic rings. The Morgan fingerprint density at radius 1 is 1.19 bits per heavy atom. The van der Waals surface area contributed by atoms with Crippen molar-refractivity contribution in [1.29, 1.82) is 0 Å². The van der Waals surface area contributed by atoms with Crippen LogP contribution in [-0.4, -0.2) is 17.3 Å². The molecule has 0 bridgehead atoms. The number of carboxylic acid groups (broad SMARTS) is 1. The molecule has 0 saturated heterocycles. The molecular formula is C9H9F3N2O2. The lowest BCUT2D eigenvalue weighted by molar-refractivity contribution is -0.204. The molecular weight excluding hydrogens is 225 g/mol. The molecule has 88 valence electrons. The number of benzene rings is 1. The van der Waals surface area contributed by atoms with Gasteiger partial charge in [-0.1, -0.05) is 12.1 Å². The second kappa shape index (κ2) is 3.67. The van der Waals surface area contributed by atoms with Gasteiger partial charge in [0, 0.05) is 5.69 Å². The monoisotopic (exact) mass is 234 g/mol. The fraction of sp³-hybridized carbons (Fsp3) is 0.222. The highest BCUT2D eigenvalue weighted by atomic mass is 19.4. The van der Waals surface area contributed by atoms with Gasteiger partial charge in [-0.25, -0.2) is 4.79 Å². The van der Waals surface area contributed by atoms with E-state index in [-0.39, 0.29) is 5.69 Å². The molecule has 7 heteroatoms. The van der Waals surface area contributed by atoms with E-state index >= 15 is 0 Å². The number of carboxylic acids is 1. The highest BCUT2D eigenvalue weighted by molar-refractivity contribution is 5.81. The van der Waals surface area contributed by atoms with Gasteiger partial charge >= 0.3 is 12.1 Å². The minimum absolute atomic E-state index is 0.221. The molecule has 1 aromatic rings. The fourth-order valence-corrected chi connectivity index (χ4v) is 1.15. The summed E-state index contributed by atoms with van der Waals surface area (Å²) in [5.74, 6) is -2.16. The van der Waals surface area contributed by atoms with Crippen molar-refractivity contribution in [3.8, 4) is 0 Å². The van der Waals surface area contributed by atoms with Crippen LogP contribution in [-0.2, 0) is 10.3 Å². The average Bonchev–Trinajstić information content (AvgIpc) is 2.15. The van der Waals surface area contributed by atoms with Gasteiger partial charge < -0.3 is 16.6 Å². The SMILES string of the molecule is Nc1ccc([C@](N)(C(=O)O)C(F)(F)F)cc1. The van der Waals surface area contributed by atoms with Crippen LogP contribution in [0.1, 0.15) is 5.56 Å². The first-order valence-electron chi connectivity index (χ1n) is 4.14. The molecule has 0 unspecified atom stereocenters. The summed E-state index contributed by atoms with van der Waals surface area (Å²) in [5, 5.41) is 8.61. The number of carbonyl (C=O) groups is 1. The first-order valence-corrected chi connectivity index (χ1v) is 4.14. The van der Waals surface area contributed by atoms with Crippen molar-refractivity contribution in [1.82, 2.24) is 0 Å². The molecule has 0 radical (unpaired) electrons. The summed E-state index contributed by atoms with van der Waals surface area (Å²) in [5.41, 5.74) is 6.45. The van der Waals surface area contributed by atoms with Crippen molar-refractivity contribution >= 4 is 11.7 Å². The highest BCUT2D eigenvalue weighted by Crippen LogP contribution is 2.37. The summed E-state index contributed by atoms with van der Waals surface area (Å²) in [6, 6.07) is 4.20. The third-order valence-electron chi connectivity index (χ3n) is 2.15. The molecule has 5 N–H and O–H groups in total. The maximum absolute atomic E-state index is 12.6. The van der Waals surface area contributed by atoms with Crippen LogP contribution in [0.5, 0.6) is 0 Å². The molecule has 0 aliphatic carbocycles. The second-order valence-corrected chi connectivity index (χ2v) is 3.23. The van der Waals surface area contributed by atoms with Crippen LogP contribution in [0.25, 0.3) is 0 Å². The molecule has 0 heterocycles. The normalized spacial score (nSPS) is 15.5. The Hall–Kier alpha value is -1.76. The third kappa shape index (κ3) is 1.81. The van der Waals surface area contributed by atoms with E-state index in [0.29, 0.717) is 0 Å². The Labute approximate surface area is 88.7 Å². The van der Waals surface area contributed by atoms with E-state index in [9.17, 15) is 18.0 Å². The summed E-state index contributed by atoms with van der Waals surface area (Å²) < 4.78 is 37.8. The maximum Gasteiger partial charge on any atom is 0.421 e. The lowest BCUT2D eigenvalue weighted by Crippen LogP contribution is -2.56. The first kappa shape index (κ1) is 12.3. The number of alkyl halides is 3. The molecule has 0 saturated carbocycles. The number of hydrogen-bond acceptors (Lipinski definition) is 3. The van der Waals surface area contributed by atoms with Crippen molar-refractivity contribution in [3.05, 3.63) is 29.8 Å². The van der Waals surface area contributed by atoms with Crippen molar-refractivity contribution < 1.29 is 23.1 Å². The Balaban J connectivity index is 3.34. The molecule has 4 nitrogen and oxygen atoms in total. The minimum Gasteiger partial charge on any atom is -0.479 e. The van der Waals surface area contributed by atoms with Gasteiger partial charge in [0.1, 0.15) is 0 Å². The number of nitrogens with two attached hydrogens (primary N) is 2. The van der Waals surface area contributed by atoms with Crippen molar-refractivity contribution in [2.24, 2.45) is 5.73 Å². The summed E-state index contributed by atoms with van der Waals surface area (Å²) in [6.07, 6.45) is -5.09. The number of hydrogen-bond donors (Lipinski definition) is 3. The van der Waals surface area contributed by atoms with Crippen LogP contribution in [0, 0.1) is 0 Å². The summed E-state index contributed by atoms with van der Waals surface area (Å²) in [4.78, 5) is 10.7. The number of aliphatic carboxylic acids is 1. The fourth-order valence-electron chi connectivity index (χ4n) is 1.15. The molecule has 0 amide bonds. The maximum atomic E-state index is 12.6. The number of anilines is 1. The summed E-state index contributed by atoms with van der Waals surface area (Å²) >= 11 is 0. The van der Waals surface area contributed by atoms with Gasteiger partial charge in [-0.3, -0.25) is 0 Å². The smallest absolute Gasteiger partial charge is 0.421 e. The third-order valence-corrected chi connectivity index (χ3v) is 2.15. The zero-order chi connectivity index (χ0) is 12.6. The van der Waals surface area contributed by atoms with Crippen LogP contribution < -0.4 is 11.5 Å². The van der Waals surface area contributed by atoms with Crippen LogP contribution in [0.15, 0.2) is 24.3 Å². The standard InChI is InChI=1S/C9H9F3N2O2/c10-9(11,12)8(14,7(15)16)5-1-3-6(13)4-2-5/h1-4H,13-14H2,(H,15,16)/t8-/m0/s1. The Bertz CT molecular complexity index is 402. The van der Waals surface area contributed by atoms with Gasteiger partial charge in [0.2, 0.25) is 5.54 Å². The van der Waals surface area contributed by atoms with Gasteiger partial charge in [-0.15, -0.1) is 0 Å². The van der Waals surface area contributed by atoms with Crippen molar-refractivity contribution in [2.75, 3.05) is 5.73 Å². The molecule has 1 atom stereocenters. The highest BCUT2D eigenvalue weighted by Gasteiger charge is 2.59. The number of rotatable bonds is 2. The number of halogens is 3. The second-order valence-electron chi connectivity index (χ2n) is 3.23. The predicted octanol–water partition coefficient (Wildman–Crippen LogP) is 1.07. The van der Waals surface area contributed by atoms with E-state index in [2.05, 4.69) is 0 Å². The van der Waals surface area contributed by atoms with E-state index in [0.717, 1.165) is 24.3 Å². The van der Waals surface area contributed by atoms with E-state index in [1.807, 2.05) is 0 Å². The zero-order valence-corrected chi connectivity index (χ0v) is 7.95. The van der Waals surface area contributed by atoms with Gasteiger partial charge in [-0.2, -0.15) is 13.2 Å². The zero-order valence-electron chi connectivity index (χ0n) is 7.95. The van der Waals surface area contributed by atoms with Gasteiger partial charge in [0.15, 0.2) is 0 Å². The Morgan fingerprint density at radius 3 is 1.94 bits per heavy atom. The van der Waals surface area contributed by atoms with Gasteiger partial charge in [0.25, 0.3) is 0 Å². The first-order chi connectivity index (χ1) is 7.19. The lowest BCUT2D eigenvalue weighted by atomic mass is 9.90. The van der Waals surface area contributed by atoms with Crippen molar-refractivity contribution in [3.63, 3.8) is 0 Å². The van der Waals surface area contributed by atoms with Gasteiger partial charge in [-0.05, 0) is 17.7 Å². The Kier molecular flexibility index (Phi) is 2.83. The molecule has 0 aliphatic heterocycles. The minimum atomic E-state index is -5.09. The van der Waals surface area contributed by atoms with Crippen LogP contribution in [0.4, 0.5) is 18.9 Å². The topological polar surface area (TPSA) is 89.3 Å². The molecule has 16 heavy (non-hydrogen) atoms. The molecule has 1 rings (SSSR count). The molecule has 0 aromatic heterocycles. The average molecular weight is 234 g/mol. The van der Waals surface area contributed by atoms with Gasteiger partial charge in [0.05, 0.1) is 0 Å². The van der Waals surface area contributed by atoms with E-state index in [1.54, 1.807) is 0 Å². The molecule has 1 aromatic carbocycles. The summed E-state index contributed by atoms with van der Waals surface area (Å²) in [6.45, 7) is 0.